The second kappa shape index (κ2) is 9.69. The first-order valence-electron chi connectivity index (χ1n) is 12.3. The lowest BCUT2D eigenvalue weighted by Crippen LogP contribution is -2.46. The van der Waals surface area contributed by atoms with Crippen LogP contribution in [0.4, 0.5) is 4.39 Å². The molecule has 3 heterocycles. The summed E-state index contributed by atoms with van der Waals surface area (Å²) in [6, 6.07) is 2.82. The van der Waals surface area contributed by atoms with E-state index in [1.54, 1.807) is 12.3 Å². The minimum absolute atomic E-state index is 0.00115. The van der Waals surface area contributed by atoms with Crippen LogP contribution in [0, 0.1) is 11.7 Å². The molecule has 1 atom stereocenters. The summed E-state index contributed by atoms with van der Waals surface area (Å²) in [5, 5.41) is 25.7. The fraction of sp³-hybridized carbons (Fsp3) is 0.462. The van der Waals surface area contributed by atoms with Crippen LogP contribution in [-0.2, 0) is 28.8 Å². The van der Waals surface area contributed by atoms with Gasteiger partial charge in [0.05, 0.1) is 23.0 Å². The number of aliphatic hydroxyl groups is 1. The van der Waals surface area contributed by atoms with Crippen LogP contribution in [0.1, 0.15) is 62.4 Å². The molecule has 2 aliphatic rings. The molecule has 0 saturated heterocycles. The topological polar surface area (TPSA) is 110 Å². The van der Waals surface area contributed by atoms with E-state index in [0.717, 1.165) is 31.7 Å². The van der Waals surface area contributed by atoms with E-state index in [4.69, 9.17) is 16.3 Å². The fourth-order valence-corrected chi connectivity index (χ4v) is 5.64. The van der Waals surface area contributed by atoms with E-state index in [-0.39, 0.29) is 35.8 Å². The van der Waals surface area contributed by atoms with E-state index in [0.29, 0.717) is 47.0 Å². The molecular formula is C26H28ClFN4O4. The first-order valence-corrected chi connectivity index (χ1v) is 12.7. The molecule has 1 aromatic carbocycles. The third-order valence-electron chi connectivity index (χ3n) is 7.44. The first-order chi connectivity index (χ1) is 17.3. The van der Waals surface area contributed by atoms with Crippen molar-refractivity contribution in [2.45, 2.75) is 70.3 Å². The number of fused-ring (bicyclic) bond motifs is 1. The van der Waals surface area contributed by atoms with Gasteiger partial charge in [0, 0.05) is 18.9 Å². The summed E-state index contributed by atoms with van der Waals surface area (Å²) >= 11 is 5.96. The largest absolute Gasteiger partial charge is 0.512 e. The molecule has 1 aliphatic carbocycles. The molecule has 0 bridgehead atoms. The minimum Gasteiger partial charge on any atom is -0.512 e. The molecule has 8 nitrogen and oxygen atoms in total. The lowest BCUT2D eigenvalue weighted by atomic mass is 9.76. The maximum atomic E-state index is 14.6. The molecule has 36 heavy (non-hydrogen) atoms. The maximum absolute atomic E-state index is 14.6. The molecule has 3 aromatic rings. The van der Waals surface area contributed by atoms with Crippen LogP contribution in [0.25, 0.3) is 5.78 Å². The van der Waals surface area contributed by atoms with Gasteiger partial charge in [-0.2, -0.15) is 4.98 Å². The second-order valence-corrected chi connectivity index (χ2v) is 10.1. The van der Waals surface area contributed by atoms with Crippen molar-refractivity contribution in [1.82, 2.24) is 19.6 Å². The standard InChI is InChI=1S/C26H28ClFN4O4/c1-2-15-9-16(20(28)11-21(15)33)7-8-26(17-5-3-4-6-17)12-22(34)19(24(35)36-26)10-23-30-25-29-13-18(27)14-32(25)31-23/h9,11,13-14,17,33-34H,2-8,10,12H2,1H3. The summed E-state index contributed by atoms with van der Waals surface area (Å²) in [7, 11) is 0. The van der Waals surface area contributed by atoms with Crippen molar-refractivity contribution in [3.8, 4) is 5.75 Å². The number of ether oxygens (including phenoxy) is 1. The lowest BCUT2D eigenvalue weighted by molar-refractivity contribution is -0.167. The van der Waals surface area contributed by atoms with Gasteiger partial charge in [0.2, 0.25) is 0 Å². The highest BCUT2D eigenvalue weighted by Gasteiger charge is 2.48. The highest BCUT2D eigenvalue weighted by molar-refractivity contribution is 6.30. The van der Waals surface area contributed by atoms with E-state index < -0.39 is 17.4 Å². The molecule has 1 aliphatic heterocycles. The van der Waals surface area contributed by atoms with Crippen molar-refractivity contribution in [3.05, 3.63) is 63.6 Å². The highest BCUT2D eigenvalue weighted by Crippen LogP contribution is 2.46. The van der Waals surface area contributed by atoms with Crippen molar-refractivity contribution in [2.75, 3.05) is 0 Å². The van der Waals surface area contributed by atoms with Gasteiger partial charge in [0.1, 0.15) is 22.9 Å². The number of aromatic nitrogens is 4. The maximum Gasteiger partial charge on any atom is 0.338 e. The number of aromatic hydroxyl groups is 1. The molecule has 0 spiro atoms. The molecule has 2 N–H and O–H groups in total. The summed E-state index contributed by atoms with van der Waals surface area (Å²) in [6.07, 6.45) is 8.27. The van der Waals surface area contributed by atoms with Gasteiger partial charge in [-0.1, -0.05) is 31.4 Å². The van der Waals surface area contributed by atoms with Crippen molar-refractivity contribution in [1.29, 1.82) is 0 Å². The number of halogens is 2. The summed E-state index contributed by atoms with van der Waals surface area (Å²) in [5.74, 6) is -0.455. The molecule has 1 saturated carbocycles. The molecule has 0 radical (unpaired) electrons. The molecule has 190 valence electrons. The number of esters is 1. The molecular weight excluding hydrogens is 487 g/mol. The summed E-state index contributed by atoms with van der Waals surface area (Å²) in [5.41, 5.74) is 0.337. The molecule has 5 rings (SSSR count). The van der Waals surface area contributed by atoms with Gasteiger partial charge >= 0.3 is 5.97 Å². The number of phenolic OH excluding ortho intramolecular Hbond substituents is 1. The first kappa shape index (κ1) is 24.5. The predicted octanol–water partition coefficient (Wildman–Crippen LogP) is 5.05. The number of hydrogen-bond acceptors (Lipinski definition) is 7. The van der Waals surface area contributed by atoms with Crippen LogP contribution in [0.15, 0.2) is 35.9 Å². The Morgan fingerprint density at radius 2 is 2.03 bits per heavy atom. The SMILES string of the molecule is CCc1cc(CCC2(C3CCCC3)CC(O)=C(Cc3nc4ncc(Cl)cn4n3)C(=O)O2)c(F)cc1O. The smallest absolute Gasteiger partial charge is 0.338 e. The number of cyclic esters (lactones) is 1. The van der Waals surface area contributed by atoms with Crippen molar-refractivity contribution in [3.63, 3.8) is 0 Å². The van der Waals surface area contributed by atoms with E-state index in [9.17, 15) is 19.4 Å². The summed E-state index contributed by atoms with van der Waals surface area (Å²) in [4.78, 5) is 21.6. The zero-order chi connectivity index (χ0) is 25.4. The second-order valence-electron chi connectivity index (χ2n) is 9.69. The Bertz CT molecular complexity index is 1350. The Morgan fingerprint density at radius 1 is 1.25 bits per heavy atom. The van der Waals surface area contributed by atoms with E-state index in [2.05, 4.69) is 15.1 Å². The van der Waals surface area contributed by atoms with Gasteiger partial charge in [-0.15, -0.1) is 5.10 Å². The van der Waals surface area contributed by atoms with Gasteiger partial charge in [0.25, 0.3) is 5.78 Å². The number of carbonyl (C=O) groups is 1. The number of rotatable bonds is 7. The van der Waals surface area contributed by atoms with Crippen molar-refractivity contribution >= 4 is 23.3 Å². The Balaban J connectivity index is 1.41. The van der Waals surface area contributed by atoms with Crippen LogP contribution in [0.3, 0.4) is 0 Å². The quantitative estimate of drug-likeness (QED) is 0.424. The molecule has 2 aromatic heterocycles. The number of benzene rings is 1. The van der Waals surface area contributed by atoms with Crippen LogP contribution >= 0.6 is 11.6 Å². The molecule has 1 fully saturated rings. The van der Waals surface area contributed by atoms with E-state index in [1.165, 1.54) is 10.7 Å². The monoisotopic (exact) mass is 514 g/mol. The number of phenols is 1. The van der Waals surface area contributed by atoms with Gasteiger partial charge in [-0.25, -0.2) is 18.7 Å². The predicted molar refractivity (Wildman–Crippen MR) is 130 cm³/mol. The molecule has 0 amide bonds. The van der Waals surface area contributed by atoms with Gasteiger partial charge < -0.3 is 14.9 Å². The Kier molecular flexibility index (Phi) is 6.59. The van der Waals surface area contributed by atoms with Crippen molar-refractivity contribution in [2.24, 2.45) is 5.92 Å². The van der Waals surface area contributed by atoms with E-state index >= 15 is 0 Å². The Labute approximate surface area is 212 Å². The van der Waals surface area contributed by atoms with Crippen LogP contribution in [-0.4, -0.2) is 41.4 Å². The van der Waals surface area contributed by atoms with Crippen LogP contribution in [0.2, 0.25) is 5.02 Å². The third-order valence-corrected chi connectivity index (χ3v) is 7.64. The van der Waals surface area contributed by atoms with Gasteiger partial charge in [0.15, 0.2) is 5.82 Å². The molecule has 10 heteroatoms. The zero-order valence-corrected chi connectivity index (χ0v) is 20.8. The highest BCUT2D eigenvalue weighted by atomic mass is 35.5. The van der Waals surface area contributed by atoms with Gasteiger partial charge in [-0.05, 0) is 55.2 Å². The molecule has 1 unspecified atom stereocenters. The fourth-order valence-electron chi connectivity index (χ4n) is 5.50. The van der Waals surface area contributed by atoms with Crippen LogP contribution in [0.5, 0.6) is 5.75 Å². The summed E-state index contributed by atoms with van der Waals surface area (Å²) in [6.45, 7) is 1.90. The number of nitrogens with zero attached hydrogens (tertiary/aromatic N) is 4. The van der Waals surface area contributed by atoms with Crippen molar-refractivity contribution < 1.29 is 24.1 Å². The average molecular weight is 515 g/mol. The summed E-state index contributed by atoms with van der Waals surface area (Å²) < 4.78 is 22.2. The van der Waals surface area contributed by atoms with Crippen LogP contribution < -0.4 is 0 Å². The zero-order valence-electron chi connectivity index (χ0n) is 20.0. The Hall–Kier alpha value is -3.20. The minimum atomic E-state index is -0.917. The third kappa shape index (κ3) is 4.64. The van der Waals surface area contributed by atoms with Gasteiger partial charge in [-0.3, -0.25) is 0 Å². The van der Waals surface area contributed by atoms with E-state index in [1.807, 2.05) is 6.92 Å². The lowest BCUT2D eigenvalue weighted by Gasteiger charge is -2.41. The number of aryl methyl sites for hydroxylation is 2. The number of aliphatic hydroxyl groups excluding tert-OH is 1. The number of carbonyl (C=O) groups excluding carboxylic acids is 1. The Morgan fingerprint density at radius 3 is 2.75 bits per heavy atom. The number of hydrogen-bond donors (Lipinski definition) is 2. The average Bonchev–Trinajstić information content (AvgIpc) is 3.51. The normalized spacial score (nSPS) is 20.9.